The van der Waals surface area contributed by atoms with E-state index >= 15 is 0 Å². The number of aliphatic hydroxyl groups is 1. The molecule has 36 heavy (non-hydrogen) atoms. The Morgan fingerprint density at radius 1 is 1.11 bits per heavy atom. The number of esters is 1. The molecule has 0 radical (unpaired) electrons. The van der Waals surface area contributed by atoms with Crippen LogP contribution >= 0.6 is 20.7 Å². The minimum absolute atomic E-state index is 0.0139. The number of carbonyl (C=O) groups is 4. The summed E-state index contributed by atoms with van der Waals surface area (Å²) in [6, 6.07) is 9.17. The molecule has 10 nitrogen and oxygen atoms in total. The highest BCUT2D eigenvalue weighted by molar-refractivity contribution is 8.13. The van der Waals surface area contributed by atoms with E-state index in [-0.39, 0.29) is 52.1 Å². The van der Waals surface area contributed by atoms with E-state index in [2.05, 4.69) is 15.7 Å². The number of rotatable bonds is 17. The van der Waals surface area contributed by atoms with Crippen LogP contribution in [0.4, 0.5) is 0 Å². The summed E-state index contributed by atoms with van der Waals surface area (Å²) in [4.78, 5) is 47.0. The molecule has 0 spiro atoms. The van der Waals surface area contributed by atoms with Gasteiger partial charge < -0.3 is 25.0 Å². The van der Waals surface area contributed by atoms with Crippen LogP contribution in [0, 0.1) is 5.41 Å². The maximum Gasteiger partial charge on any atom is 0.323 e. The Labute approximate surface area is 218 Å². The van der Waals surface area contributed by atoms with Crippen LogP contribution in [0.1, 0.15) is 39.7 Å². The molecular weight excluding hydrogens is 505 g/mol. The van der Waals surface area contributed by atoms with Gasteiger partial charge in [0, 0.05) is 44.0 Å². The van der Waals surface area contributed by atoms with E-state index in [0.717, 1.165) is 17.3 Å². The van der Waals surface area contributed by atoms with Gasteiger partial charge in [-0.1, -0.05) is 55.9 Å². The monoisotopic (exact) mass is 543 g/mol. The van der Waals surface area contributed by atoms with Crippen molar-refractivity contribution in [2.45, 2.75) is 52.7 Å². The van der Waals surface area contributed by atoms with Gasteiger partial charge in [0.1, 0.15) is 12.1 Å². The van der Waals surface area contributed by atoms with Gasteiger partial charge in [0.05, 0.1) is 22.2 Å². The molecule has 0 aliphatic carbocycles. The van der Waals surface area contributed by atoms with Gasteiger partial charge in [-0.05, 0) is 12.5 Å². The number of aliphatic hydroxyl groups excluding tert-OH is 1. The molecular formula is C24H38N3O7PS. The molecule has 0 saturated carbocycles. The third kappa shape index (κ3) is 13.9. The first-order valence-electron chi connectivity index (χ1n) is 11.7. The fourth-order valence-electron chi connectivity index (χ4n) is 2.75. The zero-order chi connectivity index (χ0) is 27.0. The average molecular weight is 544 g/mol. The predicted molar refractivity (Wildman–Crippen MR) is 142 cm³/mol. The van der Waals surface area contributed by atoms with E-state index in [1.807, 2.05) is 30.3 Å². The number of thioether (sulfide) groups is 1. The normalized spacial score (nSPS) is 13.2. The summed E-state index contributed by atoms with van der Waals surface area (Å²) in [7, 11) is -0.231. The van der Waals surface area contributed by atoms with Crippen LogP contribution in [0.5, 0.6) is 0 Å². The van der Waals surface area contributed by atoms with Crippen LogP contribution in [-0.2, 0) is 34.9 Å². The molecule has 0 heterocycles. The molecule has 0 saturated heterocycles. The van der Waals surface area contributed by atoms with Crippen molar-refractivity contribution >= 4 is 43.6 Å². The van der Waals surface area contributed by atoms with Crippen LogP contribution in [0.15, 0.2) is 30.3 Å². The molecule has 0 aromatic heterocycles. The fourth-order valence-corrected chi connectivity index (χ4v) is 4.07. The molecule has 3 atom stereocenters. The van der Waals surface area contributed by atoms with E-state index in [1.165, 1.54) is 6.92 Å². The van der Waals surface area contributed by atoms with Crippen LogP contribution in [-0.4, -0.2) is 72.2 Å². The number of nitrogens with one attached hydrogen (secondary N) is 3. The number of hydrogen-bond acceptors (Lipinski definition) is 9. The van der Waals surface area contributed by atoms with E-state index in [0.29, 0.717) is 18.7 Å². The predicted octanol–water partition coefficient (Wildman–Crippen LogP) is 1.56. The number of ether oxygens (including phenoxy) is 1. The average Bonchev–Trinajstić information content (AvgIpc) is 2.84. The van der Waals surface area contributed by atoms with Crippen LogP contribution < -0.4 is 15.7 Å². The Kier molecular flexibility index (Phi) is 15.5. The number of amides is 2. The molecule has 1 rings (SSSR count). The van der Waals surface area contributed by atoms with Crippen molar-refractivity contribution in [2.24, 2.45) is 5.41 Å². The lowest BCUT2D eigenvalue weighted by molar-refractivity contribution is -0.145. The first-order chi connectivity index (χ1) is 17.0. The zero-order valence-corrected chi connectivity index (χ0v) is 23.1. The van der Waals surface area contributed by atoms with Crippen molar-refractivity contribution in [2.75, 3.05) is 32.1 Å². The second-order valence-electron chi connectivity index (χ2n) is 8.78. The van der Waals surface area contributed by atoms with Crippen molar-refractivity contribution in [3.63, 3.8) is 0 Å². The summed E-state index contributed by atoms with van der Waals surface area (Å²) in [5.74, 6) is -0.751. The summed E-state index contributed by atoms with van der Waals surface area (Å²) in [5, 5.41) is 18.5. The summed E-state index contributed by atoms with van der Waals surface area (Å²) < 4.78 is 10.8. The lowest BCUT2D eigenvalue weighted by atomic mass is 9.87. The van der Waals surface area contributed by atoms with E-state index in [9.17, 15) is 24.3 Å². The summed E-state index contributed by atoms with van der Waals surface area (Å²) in [6.07, 6.45) is -0.653. The second-order valence-corrected chi connectivity index (χ2v) is 10.8. The topological polar surface area (TPSA) is 143 Å². The Balaban J connectivity index is 2.21. The quantitative estimate of drug-likeness (QED) is 0.131. The molecule has 0 fully saturated rings. The minimum Gasteiger partial charge on any atom is -0.464 e. The Bertz CT molecular complexity index is 842. The maximum atomic E-state index is 12.3. The van der Waals surface area contributed by atoms with E-state index in [4.69, 9.17) is 9.26 Å². The highest BCUT2D eigenvalue weighted by Crippen LogP contribution is 2.24. The zero-order valence-electron chi connectivity index (χ0n) is 21.3. The molecule has 1 aromatic carbocycles. The highest BCUT2D eigenvalue weighted by Gasteiger charge is 2.34. The maximum absolute atomic E-state index is 12.3. The Morgan fingerprint density at radius 3 is 2.47 bits per heavy atom. The fraction of sp³-hybridized carbons (Fsp3) is 0.583. The van der Waals surface area contributed by atoms with E-state index < -0.39 is 23.5 Å². The second kappa shape index (κ2) is 17.4. The van der Waals surface area contributed by atoms with Crippen molar-refractivity contribution in [1.29, 1.82) is 0 Å². The molecule has 0 bridgehead atoms. The SMILES string of the molecule is CC(=O)SCCNC(=O)CCNC(=O)[C@H](O)C(C)(C)COPN[C@@H](C)C(=O)OCCc1ccccc1. The molecule has 0 aliphatic heterocycles. The summed E-state index contributed by atoms with van der Waals surface area (Å²) in [5.41, 5.74) is 0.189. The van der Waals surface area contributed by atoms with Gasteiger partial charge in [0.25, 0.3) is 0 Å². The molecule has 2 amide bonds. The third-order valence-electron chi connectivity index (χ3n) is 4.99. The summed E-state index contributed by atoms with van der Waals surface area (Å²) >= 11 is 1.13. The molecule has 202 valence electrons. The highest BCUT2D eigenvalue weighted by atomic mass is 32.2. The van der Waals surface area contributed by atoms with Crippen molar-refractivity contribution in [3.8, 4) is 0 Å². The van der Waals surface area contributed by atoms with Gasteiger partial charge in [-0.15, -0.1) is 0 Å². The van der Waals surface area contributed by atoms with Gasteiger partial charge in [0.15, 0.2) is 5.12 Å². The minimum atomic E-state index is -1.35. The van der Waals surface area contributed by atoms with Crippen LogP contribution in [0.2, 0.25) is 0 Å². The molecule has 1 unspecified atom stereocenters. The van der Waals surface area contributed by atoms with Gasteiger partial charge in [-0.25, -0.2) is 0 Å². The van der Waals surface area contributed by atoms with E-state index in [1.54, 1.807) is 20.8 Å². The molecule has 1 aromatic rings. The molecule has 0 aliphatic rings. The first kappa shape index (κ1) is 32.0. The number of benzene rings is 1. The van der Waals surface area contributed by atoms with Crippen molar-refractivity contribution in [1.82, 2.24) is 15.7 Å². The van der Waals surface area contributed by atoms with Crippen molar-refractivity contribution in [3.05, 3.63) is 35.9 Å². The Morgan fingerprint density at radius 2 is 1.81 bits per heavy atom. The smallest absolute Gasteiger partial charge is 0.323 e. The van der Waals surface area contributed by atoms with Gasteiger partial charge in [-0.3, -0.25) is 24.3 Å². The lowest BCUT2D eigenvalue weighted by Crippen LogP contribution is -2.46. The lowest BCUT2D eigenvalue weighted by Gasteiger charge is -2.29. The summed E-state index contributed by atoms with van der Waals surface area (Å²) in [6.45, 7) is 7.29. The van der Waals surface area contributed by atoms with Gasteiger partial charge >= 0.3 is 5.97 Å². The van der Waals surface area contributed by atoms with Crippen LogP contribution in [0.3, 0.4) is 0 Å². The number of hydrogen-bond donors (Lipinski definition) is 4. The first-order valence-corrected chi connectivity index (χ1v) is 13.6. The number of carbonyl (C=O) groups excluding carboxylic acids is 4. The molecule has 12 heteroatoms. The van der Waals surface area contributed by atoms with Gasteiger partial charge in [-0.2, -0.15) is 0 Å². The van der Waals surface area contributed by atoms with Gasteiger partial charge in [0.2, 0.25) is 11.8 Å². The Hall–Kier alpha value is -2.04. The van der Waals surface area contributed by atoms with Crippen LogP contribution in [0.25, 0.3) is 0 Å². The standard InChI is InChI=1S/C24H38N3O7PS/c1-17(23(32)33-14-11-19-8-6-5-7-9-19)27-35-34-16-24(3,4)21(30)22(31)26-12-10-20(29)25-13-15-36-18(2)28/h5-9,17,21,27,30,35H,10-16H2,1-4H3,(H,25,29)(H,26,31)/t17-,21-/m0/s1. The molecule has 4 N–H and O–H groups in total. The third-order valence-corrected chi connectivity index (χ3v) is 6.65. The van der Waals surface area contributed by atoms with Crippen molar-refractivity contribution < 1.29 is 33.5 Å². The largest absolute Gasteiger partial charge is 0.464 e.